The summed E-state index contributed by atoms with van der Waals surface area (Å²) < 4.78 is 3.13. The van der Waals surface area contributed by atoms with Crippen molar-refractivity contribution >= 4 is 45.2 Å². The Hall–Kier alpha value is -1.58. The highest BCUT2D eigenvalue weighted by Crippen LogP contribution is 2.26. The van der Waals surface area contributed by atoms with Crippen molar-refractivity contribution in [3.63, 3.8) is 0 Å². The van der Waals surface area contributed by atoms with Crippen LogP contribution >= 0.6 is 34.2 Å². The number of fused-ring (bicyclic) bond motifs is 1. The van der Waals surface area contributed by atoms with Gasteiger partial charge in [0.1, 0.15) is 5.82 Å². The van der Waals surface area contributed by atoms with E-state index < -0.39 is 0 Å². The van der Waals surface area contributed by atoms with Gasteiger partial charge in [-0.25, -0.2) is 4.98 Å². The van der Waals surface area contributed by atoms with E-state index in [2.05, 4.69) is 33.6 Å². The monoisotopic (exact) mass is 393 g/mol. The number of halogens is 2. The van der Waals surface area contributed by atoms with Crippen LogP contribution < -0.4 is 0 Å². The van der Waals surface area contributed by atoms with E-state index in [9.17, 15) is 0 Å². The van der Waals surface area contributed by atoms with Gasteiger partial charge < -0.3 is 0 Å². The van der Waals surface area contributed by atoms with Gasteiger partial charge >= 0.3 is 0 Å². The minimum absolute atomic E-state index is 0.321. The largest absolute Gasteiger partial charge is 0.294 e. The molecule has 20 heavy (non-hydrogen) atoms. The minimum atomic E-state index is 0.321. The average Bonchev–Trinajstić information content (AvgIpc) is 2.85. The van der Waals surface area contributed by atoms with Gasteiger partial charge in [-0.05, 0) is 52.9 Å². The predicted molar refractivity (Wildman–Crippen MR) is 88.1 cm³/mol. The molecule has 5 heteroatoms. The third kappa shape index (κ3) is 2.17. The van der Waals surface area contributed by atoms with Gasteiger partial charge in [-0.1, -0.05) is 12.1 Å². The Morgan fingerprint density at radius 1 is 1.25 bits per heavy atom. The number of hydrogen-bond donors (Lipinski definition) is 0. The quantitative estimate of drug-likeness (QED) is 0.483. The lowest BCUT2D eigenvalue weighted by Gasteiger charge is -2.09. The summed E-state index contributed by atoms with van der Waals surface area (Å²) in [6, 6.07) is 15.7. The number of alkyl halides is 1. The first-order valence-electron chi connectivity index (χ1n) is 5.97. The highest BCUT2D eigenvalue weighted by molar-refractivity contribution is 14.1. The van der Waals surface area contributed by atoms with Crippen molar-refractivity contribution < 1.29 is 0 Å². The van der Waals surface area contributed by atoms with Crippen molar-refractivity contribution in [3.05, 3.63) is 57.4 Å². The molecule has 0 N–H and O–H groups in total. The zero-order valence-electron chi connectivity index (χ0n) is 10.3. The van der Waals surface area contributed by atoms with Crippen molar-refractivity contribution in [2.45, 2.75) is 5.88 Å². The SMILES string of the molecule is N#Cc1ccc2nc(CCl)n(-c3ccccc3I)c2c1. The van der Waals surface area contributed by atoms with Crippen LogP contribution in [-0.4, -0.2) is 9.55 Å². The number of hydrogen-bond acceptors (Lipinski definition) is 2. The molecule has 1 heterocycles. The maximum Gasteiger partial charge on any atom is 0.129 e. The topological polar surface area (TPSA) is 41.6 Å². The van der Waals surface area contributed by atoms with Crippen molar-refractivity contribution in [2.75, 3.05) is 0 Å². The summed E-state index contributed by atoms with van der Waals surface area (Å²) in [5.41, 5.74) is 3.40. The van der Waals surface area contributed by atoms with Crippen molar-refractivity contribution in [3.8, 4) is 11.8 Å². The summed E-state index contributed by atoms with van der Waals surface area (Å²) in [5.74, 6) is 1.10. The fourth-order valence-corrected chi connectivity index (χ4v) is 2.99. The minimum Gasteiger partial charge on any atom is -0.294 e. The third-order valence-corrected chi connectivity index (χ3v) is 4.22. The van der Waals surface area contributed by atoms with Crippen molar-refractivity contribution in [1.29, 1.82) is 5.26 Å². The normalized spacial score (nSPS) is 10.7. The molecule has 3 rings (SSSR count). The lowest BCUT2D eigenvalue weighted by atomic mass is 10.2. The number of benzene rings is 2. The zero-order valence-corrected chi connectivity index (χ0v) is 13.3. The Bertz CT molecular complexity index is 833. The summed E-state index contributed by atoms with van der Waals surface area (Å²) in [5, 5.41) is 9.07. The molecule has 0 aliphatic carbocycles. The van der Waals surface area contributed by atoms with E-state index in [4.69, 9.17) is 16.9 Å². The number of imidazole rings is 1. The average molecular weight is 394 g/mol. The van der Waals surface area contributed by atoms with Gasteiger partial charge in [-0.3, -0.25) is 4.57 Å². The molecular weight excluding hydrogens is 385 g/mol. The van der Waals surface area contributed by atoms with Crippen LogP contribution in [-0.2, 0) is 5.88 Å². The van der Waals surface area contributed by atoms with Crippen LogP contribution in [0.25, 0.3) is 16.7 Å². The molecule has 0 atom stereocenters. The smallest absolute Gasteiger partial charge is 0.129 e. The Morgan fingerprint density at radius 2 is 2.05 bits per heavy atom. The second kappa shape index (κ2) is 5.43. The fraction of sp³-hybridized carbons (Fsp3) is 0.0667. The van der Waals surface area contributed by atoms with Crippen LogP contribution in [0.3, 0.4) is 0 Å². The second-order valence-corrected chi connectivity index (χ2v) is 5.69. The van der Waals surface area contributed by atoms with Crippen LogP contribution in [0.2, 0.25) is 0 Å². The van der Waals surface area contributed by atoms with E-state index in [1.54, 1.807) is 6.07 Å². The van der Waals surface area contributed by atoms with Crippen molar-refractivity contribution in [2.24, 2.45) is 0 Å². The number of rotatable bonds is 2. The lowest BCUT2D eigenvalue weighted by molar-refractivity contribution is 0.976. The highest BCUT2D eigenvalue weighted by Gasteiger charge is 2.14. The summed E-state index contributed by atoms with van der Waals surface area (Å²) in [6.45, 7) is 0. The molecule has 0 aliphatic heterocycles. The molecular formula is C15H9ClIN3. The Morgan fingerprint density at radius 3 is 2.75 bits per heavy atom. The first kappa shape index (κ1) is 13.4. The van der Waals surface area contributed by atoms with Gasteiger partial charge in [0.15, 0.2) is 0 Å². The van der Waals surface area contributed by atoms with Crippen LogP contribution in [0.1, 0.15) is 11.4 Å². The summed E-state index contributed by atoms with van der Waals surface area (Å²) in [4.78, 5) is 4.54. The van der Waals surface area contributed by atoms with Crippen LogP contribution in [0, 0.1) is 14.9 Å². The third-order valence-electron chi connectivity index (χ3n) is 3.07. The molecule has 2 aromatic carbocycles. The predicted octanol–water partition coefficient (Wildman–Crippen LogP) is 4.24. The molecule has 0 saturated heterocycles. The number of para-hydroxylation sites is 1. The van der Waals surface area contributed by atoms with Crippen molar-refractivity contribution in [1.82, 2.24) is 9.55 Å². The Kier molecular flexibility index (Phi) is 3.64. The van der Waals surface area contributed by atoms with E-state index in [1.807, 2.05) is 41.0 Å². The standard InChI is InChI=1S/C15H9ClIN3/c16-8-15-19-12-6-5-10(9-18)7-14(12)20(15)13-4-2-1-3-11(13)17/h1-7H,8H2. The van der Waals surface area contributed by atoms with E-state index in [-0.39, 0.29) is 0 Å². The molecule has 0 spiro atoms. The molecule has 0 fully saturated rings. The van der Waals surface area contributed by atoms with Gasteiger partial charge in [0.2, 0.25) is 0 Å². The molecule has 0 saturated carbocycles. The Labute approximate surface area is 134 Å². The van der Waals surface area contributed by atoms with Gasteiger partial charge in [0.05, 0.1) is 34.2 Å². The maximum absolute atomic E-state index is 9.07. The molecule has 0 amide bonds. The van der Waals surface area contributed by atoms with E-state index in [0.717, 1.165) is 26.1 Å². The number of aromatic nitrogens is 2. The summed E-state index contributed by atoms with van der Waals surface area (Å²) in [7, 11) is 0. The second-order valence-electron chi connectivity index (χ2n) is 4.26. The molecule has 0 aliphatic rings. The van der Waals surface area contributed by atoms with Crippen LogP contribution in [0.15, 0.2) is 42.5 Å². The van der Waals surface area contributed by atoms with Crippen LogP contribution in [0.4, 0.5) is 0 Å². The molecule has 0 unspecified atom stereocenters. The van der Waals surface area contributed by atoms with E-state index >= 15 is 0 Å². The molecule has 0 radical (unpaired) electrons. The maximum atomic E-state index is 9.07. The van der Waals surface area contributed by atoms with Gasteiger partial charge in [0.25, 0.3) is 0 Å². The lowest BCUT2D eigenvalue weighted by Crippen LogP contribution is -2.01. The first-order valence-corrected chi connectivity index (χ1v) is 7.58. The Balaban J connectivity index is 2.38. The summed E-state index contributed by atoms with van der Waals surface area (Å²) in [6.07, 6.45) is 0. The number of nitriles is 1. The molecule has 1 aromatic heterocycles. The van der Waals surface area contributed by atoms with Gasteiger partial charge in [0, 0.05) is 3.57 Å². The first-order chi connectivity index (χ1) is 9.74. The molecule has 3 nitrogen and oxygen atoms in total. The summed E-state index contributed by atoms with van der Waals surface area (Å²) >= 11 is 8.32. The fourth-order valence-electron chi connectivity index (χ4n) is 2.19. The molecule has 98 valence electrons. The number of nitrogens with zero attached hydrogens (tertiary/aromatic N) is 3. The van der Waals surface area contributed by atoms with Gasteiger partial charge in [-0.15, -0.1) is 11.6 Å². The zero-order chi connectivity index (χ0) is 14.1. The van der Waals surface area contributed by atoms with Gasteiger partial charge in [-0.2, -0.15) is 5.26 Å². The molecule has 0 bridgehead atoms. The van der Waals surface area contributed by atoms with E-state index in [1.165, 1.54) is 0 Å². The van der Waals surface area contributed by atoms with E-state index in [0.29, 0.717) is 11.4 Å². The highest BCUT2D eigenvalue weighted by atomic mass is 127. The van der Waals surface area contributed by atoms with Crippen LogP contribution in [0.5, 0.6) is 0 Å². The molecule has 3 aromatic rings.